The van der Waals surface area contributed by atoms with Gasteiger partial charge in [0.15, 0.2) is 0 Å². The van der Waals surface area contributed by atoms with Gasteiger partial charge in [-0.25, -0.2) is 4.89 Å². The van der Waals surface area contributed by atoms with Crippen LogP contribution in [0.5, 0.6) is 0 Å². The van der Waals surface area contributed by atoms with Crippen molar-refractivity contribution in [2.24, 2.45) is 0 Å². The Morgan fingerprint density at radius 2 is 0.344 bits per heavy atom. The molecule has 0 radical (unpaired) electrons. The van der Waals surface area contributed by atoms with E-state index in [2.05, 4.69) is 112 Å². The lowest BCUT2D eigenvalue weighted by molar-refractivity contribution is -0.242. The van der Waals surface area contributed by atoms with E-state index in [4.69, 9.17) is 15.1 Å². The van der Waals surface area contributed by atoms with Gasteiger partial charge in [0.1, 0.15) is 0 Å². The first-order valence-electron chi connectivity index (χ1n) is 42.2. The predicted molar refractivity (Wildman–Crippen MR) is 438 cm³/mol. The van der Waals surface area contributed by atoms with Gasteiger partial charge >= 0.3 is 0 Å². The number of unbranched alkanes of at least 4 members (excludes halogenated alkanes) is 50. The van der Waals surface area contributed by atoms with E-state index in [1.165, 1.54) is 412 Å². The molecule has 0 aromatic rings. The van der Waals surface area contributed by atoms with Crippen LogP contribution in [0.4, 0.5) is 0 Å². The Balaban J connectivity index is -0.0000000792. The molecule has 0 aliphatic carbocycles. The van der Waals surface area contributed by atoms with Crippen LogP contribution < -0.4 is 0 Å². The number of aliphatic hydroxyl groups is 1. The number of rotatable bonds is 67. The van der Waals surface area contributed by atoms with Gasteiger partial charge in [0.2, 0.25) is 0 Å². The van der Waals surface area contributed by atoms with Gasteiger partial charge in [-0.3, -0.25) is 5.26 Å². The van der Waals surface area contributed by atoms with E-state index in [0.29, 0.717) is 13.2 Å². The maximum Gasteiger partial charge on any atom is 0.0819 e. The zero-order valence-corrected chi connectivity index (χ0v) is 69.1. The summed E-state index contributed by atoms with van der Waals surface area (Å²) in [5.41, 5.74) is 0. The van der Waals surface area contributed by atoms with Gasteiger partial charge in [0, 0.05) is 19.8 Å². The van der Waals surface area contributed by atoms with Crippen molar-refractivity contribution in [2.45, 2.75) is 482 Å². The van der Waals surface area contributed by atoms with E-state index in [0.717, 1.165) is 26.1 Å². The molecule has 0 bridgehead atoms. The Bertz CT molecular complexity index is 1000. The third-order valence-electron chi connectivity index (χ3n) is 17.3. The first-order valence-corrected chi connectivity index (χ1v) is 42.2. The first kappa shape index (κ1) is 125. The molecular formula is C84H196N2O10. The molecule has 0 fully saturated rings. The summed E-state index contributed by atoms with van der Waals surface area (Å²) in [4.78, 5) is 9.18. The van der Waals surface area contributed by atoms with Crippen molar-refractivity contribution >= 4 is 0 Å². The van der Waals surface area contributed by atoms with Crippen molar-refractivity contribution in [1.82, 2.24) is 9.80 Å². The standard InChI is InChI=1S/C23H49NO.C17H36.C14H31N.C10H22O.C9H20.C8H18O2.C3H8.6H2O/c1-4-7-9-11-12-13-15-18-22-25-23-19-17-21-24(6-3)20-16-14-10-8-5-2;1-3-5-7-9-11-13-15-17-16-14-12-10-8-6-4-2;1-4-7-9-10-12-14-15(6-3)13-11-8-5-2;1-2-3-4-5-6-7-8-9-10-11;1-3-5-7-9-8-6-4-2;1-2-3-4-5-6-7-8-10-9;1-3-2;;;;;;/h4-23H2,1-3H3;3-17H2,1-2H3;4-14H2,1-3H3;11H,2-10H2,1H3;3-9H2,1-2H3;9H,2-8H2,1H3;3H2,1-2H3;6*1H2. The van der Waals surface area contributed by atoms with E-state index < -0.39 is 0 Å². The SMILES string of the molecule is CCC.CCCCCCCCC.CCCCCCCCCCCCCCCCC.CCCCCCCCCCO.CCCCCCCCCCOCCCCN(CC)CCCCCCC.CCCCCCCCOO.CCCCCCCN(CC)CCCCC.O.O.O.O.O.O. The second kappa shape index (κ2) is 138. The predicted octanol–water partition coefficient (Wildman–Crippen LogP) is 24.7. The Labute approximate surface area is 607 Å². The van der Waals surface area contributed by atoms with Crippen molar-refractivity contribution in [3.05, 3.63) is 0 Å². The molecule has 602 valence electrons. The highest BCUT2D eigenvalue weighted by atomic mass is 17.1. The summed E-state index contributed by atoms with van der Waals surface area (Å²) in [5, 5.41) is 16.5. The quantitative estimate of drug-likeness (QED) is 0.0340. The largest absolute Gasteiger partial charge is 0.412 e. The van der Waals surface area contributed by atoms with Crippen molar-refractivity contribution in [3.63, 3.8) is 0 Å². The molecule has 14 N–H and O–H groups in total. The summed E-state index contributed by atoms with van der Waals surface area (Å²) in [5.74, 6) is 0. The second-order valence-electron chi connectivity index (χ2n) is 27.1. The Morgan fingerprint density at radius 1 is 0.198 bits per heavy atom. The van der Waals surface area contributed by atoms with E-state index in [-0.39, 0.29) is 32.9 Å². The molecule has 12 heteroatoms. The van der Waals surface area contributed by atoms with Crippen LogP contribution >= 0.6 is 0 Å². The van der Waals surface area contributed by atoms with Gasteiger partial charge in [-0.2, -0.15) is 0 Å². The molecule has 0 saturated carbocycles. The van der Waals surface area contributed by atoms with Crippen LogP contribution in [0.1, 0.15) is 482 Å². The highest BCUT2D eigenvalue weighted by molar-refractivity contribution is 4.59. The lowest BCUT2D eigenvalue weighted by Gasteiger charge is -2.20. The minimum absolute atomic E-state index is 0. The highest BCUT2D eigenvalue weighted by Crippen LogP contribution is 2.15. The maximum absolute atomic E-state index is 8.51. The summed E-state index contributed by atoms with van der Waals surface area (Å²) >= 11 is 0. The van der Waals surface area contributed by atoms with Crippen LogP contribution in [0.3, 0.4) is 0 Å². The lowest BCUT2D eigenvalue weighted by Crippen LogP contribution is -2.26. The molecule has 0 heterocycles. The van der Waals surface area contributed by atoms with Crippen LogP contribution in [0.2, 0.25) is 0 Å². The molecule has 0 unspecified atom stereocenters. The Morgan fingerprint density at radius 3 is 0.542 bits per heavy atom. The van der Waals surface area contributed by atoms with Crippen LogP contribution in [-0.4, -0.2) is 119 Å². The van der Waals surface area contributed by atoms with Gasteiger partial charge in [-0.1, -0.05) is 431 Å². The number of ether oxygens (including phenoxy) is 1. The number of hydrogen-bond acceptors (Lipinski definition) is 6. The zero-order valence-electron chi connectivity index (χ0n) is 69.1. The number of hydrogen-bond donors (Lipinski definition) is 2. The molecule has 0 atom stereocenters. The topological polar surface area (TPSA) is 254 Å². The molecule has 0 rings (SSSR count). The molecule has 96 heavy (non-hydrogen) atoms. The molecule has 0 aromatic carbocycles. The van der Waals surface area contributed by atoms with Gasteiger partial charge < -0.3 is 52.5 Å². The third kappa shape index (κ3) is 152. The second-order valence-corrected chi connectivity index (χ2v) is 27.1. The molecule has 12 nitrogen and oxygen atoms in total. The Hall–Kier alpha value is -0.480. The van der Waals surface area contributed by atoms with Crippen molar-refractivity contribution in [2.75, 3.05) is 65.7 Å². The molecule has 0 aliphatic rings. The summed E-state index contributed by atoms with van der Waals surface area (Å²) in [7, 11) is 0. The Kier molecular flexibility index (Phi) is 180. The average Bonchev–Trinajstić information content (AvgIpc) is 3.78. The van der Waals surface area contributed by atoms with Gasteiger partial charge in [-0.15, -0.1) is 0 Å². The molecule has 0 spiro atoms. The normalized spacial score (nSPS) is 10.1. The van der Waals surface area contributed by atoms with Crippen LogP contribution in [0, 0.1) is 0 Å². The number of aliphatic hydroxyl groups excluding tert-OH is 1. The number of nitrogens with zero attached hydrogens (tertiary/aromatic N) is 2. The van der Waals surface area contributed by atoms with Crippen molar-refractivity contribution < 1.29 is 52.8 Å². The smallest absolute Gasteiger partial charge is 0.0819 e. The fraction of sp³-hybridized carbons (Fsp3) is 1.00. The molecular weight excluding hydrogens is 1200 g/mol. The van der Waals surface area contributed by atoms with Crippen molar-refractivity contribution in [3.8, 4) is 0 Å². The zero-order chi connectivity index (χ0) is 68.1. The molecule has 0 aromatic heterocycles. The maximum atomic E-state index is 8.51. The fourth-order valence-corrected chi connectivity index (χ4v) is 11.0. The van der Waals surface area contributed by atoms with E-state index >= 15 is 0 Å². The molecule has 0 aliphatic heterocycles. The van der Waals surface area contributed by atoms with Crippen LogP contribution in [0.15, 0.2) is 0 Å². The van der Waals surface area contributed by atoms with E-state index in [9.17, 15) is 0 Å². The minimum Gasteiger partial charge on any atom is -0.412 e. The monoisotopic (exact) mass is 1390 g/mol. The summed E-state index contributed by atoms with van der Waals surface area (Å²) in [6.45, 7) is 41.9. The van der Waals surface area contributed by atoms with Gasteiger partial charge in [-0.05, 0) is 90.6 Å². The van der Waals surface area contributed by atoms with E-state index in [1.54, 1.807) is 0 Å². The molecule has 0 saturated heterocycles. The van der Waals surface area contributed by atoms with E-state index in [1.807, 2.05) is 0 Å². The van der Waals surface area contributed by atoms with Crippen LogP contribution in [0.25, 0.3) is 0 Å². The summed E-state index contributed by atoms with van der Waals surface area (Å²) in [6.07, 6.45) is 82.6. The van der Waals surface area contributed by atoms with Crippen LogP contribution in [-0.2, 0) is 9.62 Å². The van der Waals surface area contributed by atoms with Crippen molar-refractivity contribution in [1.29, 1.82) is 0 Å². The average molecular weight is 1390 g/mol. The summed E-state index contributed by atoms with van der Waals surface area (Å²) < 4.78 is 5.80. The first-order chi connectivity index (χ1) is 44.3. The van der Waals surface area contributed by atoms with Gasteiger partial charge in [0.05, 0.1) is 6.61 Å². The summed E-state index contributed by atoms with van der Waals surface area (Å²) in [6, 6.07) is 0. The highest BCUT2D eigenvalue weighted by Gasteiger charge is 2.04. The minimum atomic E-state index is 0. The third-order valence-corrected chi connectivity index (χ3v) is 17.3. The fourth-order valence-electron chi connectivity index (χ4n) is 11.0. The lowest BCUT2D eigenvalue weighted by atomic mass is 10.0. The van der Waals surface area contributed by atoms with Gasteiger partial charge in [0.25, 0.3) is 0 Å². The molecule has 0 amide bonds.